The molecule has 0 bridgehead atoms. The summed E-state index contributed by atoms with van der Waals surface area (Å²) in [6, 6.07) is 19.6. The predicted octanol–water partition coefficient (Wildman–Crippen LogP) is 3.35. The van der Waals surface area contributed by atoms with Gasteiger partial charge in [0.15, 0.2) is 5.60 Å². The van der Waals surface area contributed by atoms with E-state index in [0.29, 0.717) is 46.8 Å². The Bertz CT molecular complexity index is 1350. The monoisotopic (exact) mass is 470 g/mol. The maximum atomic E-state index is 13.0. The molecule has 0 N–H and O–H groups in total. The van der Waals surface area contributed by atoms with Crippen LogP contribution in [0, 0.1) is 5.92 Å². The lowest BCUT2D eigenvalue weighted by atomic mass is 9.77. The molecule has 8 nitrogen and oxygen atoms in total. The first-order valence-electron chi connectivity index (χ1n) is 11.3. The number of hydroxylamine groups is 2. The molecule has 0 aromatic heterocycles. The number of benzene rings is 3. The summed E-state index contributed by atoms with van der Waals surface area (Å²) in [7, 11) is 3.40. The molecule has 1 saturated heterocycles. The van der Waals surface area contributed by atoms with Crippen LogP contribution >= 0.6 is 0 Å². The van der Waals surface area contributed by atoms with E-state index in [4.69, 9.17) is 14.3 Å². The highest BCUT2D eigenvalue weighted by Crippen LogP contribution is 2.55. The van der Waals surface area contributed by atoms with Crippen molar-refractivity contribution in [1.82, 2.24) is 9.96 Å². The van der Waals surface area contributed by atoms with Crippen LogP contribution < -0.4 is 4.74 Å². The van der Waals surface area contributed by atoms with Crippen LogP contribution in [0.5, 0.6) is 11.5 Å². The van der Waals surface area contributed by atoms with Gasteiger partial charge in [-0.15, -0.1) is 5.06 Å². The zero-order chi connectivity index (χ0) is 24.3. The minimum absolute atomic E-state index is 0.00396. The van der Waals surface area contributed by atoms with Crippen LogP contribution in [0.2, 0.25) is 0 Å². The molecule has 176 valence electrons. The second-order valence-electron chi connectivity index (χ2n) is 9.08. The largest absolute Gasteiger partial charge is 0.456 e. The molecule has 35 heavy (non-hydrogen) atoms. The van der Waals surface area contributed by atoms with Gasteiger partial charge in [-0.05, 0) is 30.3 Å². The Balaban J connectivity index is 1.37. The van der Waals surface area contributed by atoms with E-state index in [0.717, 1.165) is 0 Å². The van der Waals surface area contributed by atoms with Crippen molar-refractivity contribution >= 4 is 17.8 Å². The van der Waals surface area contributed by atoms with Crippen molar-refractivity contribution in [2.45, 2.75) is 5.60 Å². The Kier molecular flexibility index (Phi) is 4.69. The second kappa shape index (κ2) is 7.68. The van der Waals surface area contributed by atoms with Gasteiger partial charge in [0.2, 0.25) is 5.91 Å². The molecule has 0 saturated carbocycles. The fourth-order valence-corrected chi connectivity index (χ4v) is 4.95. The first kappa shape index (κ1) is 21.4. The zero-order valence-corrected chi connectivity index (χ0v) is 19.2. The highest BCUT2D eigenvalue weighted by Gasteiger charge is 2.53. The fourth-order valence-electron chi connectivity index (χ4n) is 4.95. The summed E-state index contributed by atoms with van der Waals surface area (Å²) in [6.45, 7) is 0.689. The topological polar surface area (TPSA) is 85.4 Å². The summed E-state index contributed by atoms with van der Waals surface area (Å²) >= 11 is 0. The molecule has 0 atom stereocenters. The maximum Gasteiger partial charge on any atom is 0.357 e. The van der Waals surface area contributed by atoms with Crippen molar-refractivity contribution in [3.8, 4) is 11.5 Å². The number of carbonyl (C=O) groups is 3. The van der Waals surface area contributed by atoms with Crippen molar-refractivity contribution in [2.75, 3.05) is 27.2 Å². The van der Waals surface area contributed by atoms with E-state index in [1.54, 1.807) is 32.3 Å². The highest BCUT2D eigenvalue weighted by molar-refractivity contribution is 5.99. The third kappa shape index (κ3) is 3.14. The third-order valence-electron chi connectivity index (χ3n) is 6.70. The molecular weight excluding hydrogens is 448 g/mol. The number of hydrogen-bond acceptors (Lipinski definition) is 7. The van der Waals surface area contributed by atoms with Gasteiger partial charge < -0.3 is 19.2 Å². The smallest absolute Gasteiger partial charge is 0.357 e. The van der Waals surface area contributed by atoms with Crippen LogP contribution in [0.4, 0.5) is 0 Å². The molecule has 6 rings (SSSR count). The number of amides is 1. The minimum atomic E-state index is -1.24. The Hall–Kier alpha value is -4.17. The first-order chi connectivity index (χ1) is 16.9. The van der Waals surface area contributed by atoms with Crippen LogP contribution in [0.1, 0.15) is 37.4 Å². The Labute approximate surface area is 201 Å². The van der Waals surface area contributed by atoms with E-state index in [1.165, 1.54) is 9.96 Å². The van der Waals surface area contributed by atoms with E-state index in [2.05, 4.69) is 0 Å². The van der Waals surface area contributed by atoms with Gasteiger partial charge >= 0.3 is 11.9 Å². The Morgan fingerprint density at radius 3 is 2.20 bits per heavy atom. The number of carbonyl (C=O) groups excluding carboxylic acids is 3. The van der Waals surface area contributed by atoms with Gasteiger partial charge in [0.25, 0.3) is 0 Å². The zero-order valence-electron chi connectivity index (χ0n) is 19.2. The Morgan fingerprint density at radius 1 is 0.943 bits per heavy atom. The first-order valence-corrected chi connectivity index (χ1v) is 11.3. The molecule has 3 aromatic rings. The summed E-state index contributed by atoms with van der Waals surface area (Å²) in [5.41, 5.74) is 1.35. The van der Waals surface area contributed by atoms with E-state index in [1.807, 2.05) is 48.5 Å². The molecule has 1 spiro atoms. The number of esters is 1. The van der Waals surface area contributed by atoms with Gasteiger partial charge in [-0.2, -0.15) is 0 Å². The summed E-state index contributed by atoms with van der Waals surface area (Å²) in [4.78, 5) is 45.1. The molecule has 1 amide bonds. The standard InChI is InChI=1S/C27H22N2O6/c1-28(2)24(30)17-14-29(15-17)35-25(31)16-11-12-18-21(13-16)27(34-26(18)32)19-7-3-5-9-22(19)33-23-10-6-4-8-20(23)27/h3-13,17H,14-15H2,1-2H3. The maximum absolute atomic E-state index is 13.0. The molecular formula is C27H22N2O6. The number of para-hydroxylation sites is 2. The average molecular weight is 470 g/mol. The number of ether oxygens (including phenoxy) is 2. The van der Waals surface area contributed by atoms with Crippen molar-refractivity contribution in [3.63, 3.8) is 0 Å². The molecule has 3 aliphatic heterocycles. The summed E-state index contributed by atoms with van der Waals surface area (Å²) < 4.78 is 12.2. The summed E-state index contributed by atoms with van der Waals surface area (Å²) in [6.07, 6.45) is 0. The van der Waals surface area contributed by atoms with Gasteiger partial charge in [0.05, 0.1) is 17.0 Å². The lowest BCUT2D eigenvalue weighted by Crippen LogP contribution is -2.53. The molecule has 0 unspecified atom stereocenters. The van der Waals surface area contributed by atoms with Crippen LogP contribution in [-0.2, 0) is 20.0 Å². The number of rotatable bonds is 3. The normalized spacial score (nSPS) is 17.4. The summed E-state index contributed by atoms with van der Waals surface area (Å²) in [5.74, 6) is -0.0634. The van der Waals surface area contributed by atoms with Crippen molar-refractivity contribution < 1.29 is 28.7 Å². The van der Waals surface area contributed by atoms with Crippen LogP contribution in [0.25, 0.3) is 0 Å². The van der Waals surface area contributed by atoms with Gasteiger partial charge in [-0.3, -0.25) is 4.79 Å². The SMILES string of the molecule is CN(C)C(=O)C1CN(OC(=O)c2ccc3c(c2)C2(OC3=O)c3ccccc3Oc3ccccc32)C1. The molecule has 3 aromatic carbocycles. The molecule has 3 heterocycles. The second-order valence-corrected chi connectivity index (χ2v) is 9.08. The van der Waals surface area contributed by atoms with Gasteiger partial charge in [-0.25, -0.2) is 9.59 Å². The molecule has 0 aliphatic carbocycles. The van der Waals surface area contributed by atoms with Crippen LogP contribution in [0.15, 0.2) is 66.7 Å². The van der Waals surface area contributed by atoms with E-state index >= 15 is 0 Å². The molecule has 0 radical (unpaired) electrons. The van der Waals surface area contributed by atoms with Crippen LogP contribution in [0.3, 0.4) is 0 Å². The average Bonchev–Trinajstić information content (AvgIpc) is 3.13. The van der Waals surface area contributed by atoms with E-state index < -0.39 is 17.5 Å². The number of nitrogens with zero attached hydrogens (tertiary/aromatic N) is 2. The Morgan fingerprint density at radius 2 is 1.57 bits per heavy atom. The van der Waals surface area contributed by atoms with Crippen molar-refractivity contribution in [1.29, 1.82) is 0 Å². The third-order valence-corrected chi connectivity index (χ3v) is 6.70. The number of fused-ring (bicyclic) bond motifs is 6. The number of hydrogen-bond donors (Lipinski definition) is 0. The minimum Gasteiger partial charge on any atom is -0.456 e. The van der Waals surface area contributed by atoms with Gasteiger partial charge in [0, 0.05) is 43.9 Å². The van der Waals surface area contributed by atoms with Crippen LogP contribution in [-0.4, -0.2) is 55.0 Å². The van der Waals surface area contributed by atoms with Crippen molar-refractivity contribution in [2.24, 2.45) is 5.92 Å². The fraction of sp³-hybridized carbons (Fsp3) is 0.222. The van der Waals surface area contributed by atoms with Gasteiger partial charge in [0.1, 0.15) is 11.5 Å². The lowest BCUT2D eigenvalue weighted by Gasteiger charge is -2.37. The predicted molar refractivity (Wildman–Crippen MR) is 124 cm³/mol. The lowest BCUT2D eigenvalue weighted by molar-refractivity contribution is -0.184. The molecule has 8 heteroatoms. The quantitative estimate of drug-likeness (QED) is 0.543. The van der Waals surface area contributed by atoms with Crippen molar-refractivity contribution in [3.05, 3.63) is 94.5 Å². The van der Waals surface area contributed by atoms with E-state index in [9.17, 15) is 14.4 Å². The highest BCUT2D eigenvalue weighted by atomic mass is 16.7. The molecule has 3 aliphatic rings. The summed E-state index contributed by atoms with van der Waals surface area (Å²) in [5, 5.41) is 1.47. The van der Waals surface area contributed by atoms with E-state index in [-0.39, 0.29) is 17.4 Å². The van der Waals surface area contributed by atoms with Gasteiger partial charge in [-0.1, -0.05) is 36.4 Å². The molecule has 1 fully saturated rings.